The second kappa shape index (κ2) is 10.7. The minimum absolute atomic E-state index is 0.0336. The van der Waals surface area contributed by atoms with Gasteiger partial charge in [0.25, 0.3) is 11.1 Å². The van der Waals surface area contributed by atoms with E-state index in [9.17, 15) is 14.4 Å². The van der Waals surface area contributed by atoms with Gasteiger partial charge >= 0.3 is 0 Å². The first-order valence-corrected chi connectivity index (χ1v) is 12.1. The van der Waals surface area contributed by atoms with Crippen LogP contribution in [0.5, 0.6) is 11.5 Å². The van der Waals surface area contributed by atoms with E-state index in [1.165, 1.54) is 0 Å². The van der Waals surface area contributed by atoms with Crippen LogP contribution in [-0.4, -0.2) is 41.7 Å². The highest BCUT2D eigenvalue weighted by Crippen LogP contribution is 2.35. The van der Waals surface area contributed by atoms with Crippen molar-refractivity contribution >= 4 is 51.4 Å². The maximum Gasteiger partial charge on any atom is 0.294 e. The first kappa shape index (κ1) is 24.3. The van der Waals surface area contributed by atoms with Crippen LogP contribution in [0, 0.1) is 0 Å². The molecule has 0 spiro atoms. The summed E-state index contributed by atoms with van der Waals surface area (Å²) in [5, 5.41) is 4.19. The molecule has 0 radical (unpaired) electrons. The lowest BCUT2D eigenvalue weighted by molar-refractivity contribution is -0.127. The van der Waals surface area contributed by atoms with Crippen molar-refractivity contribution in [3.63, 3.8) is 0 Å². The van der Waals surface area contributed by atoms with Gasteiger partial charge in [0.05, 0.1) is 18.1 Å². The molecule has 0 aliphatic carbocycles. The Balaban J connectivity index is 1.47. The standard InChI is InChI=1S/C27H26N2O5S/c1-4-17(2)34-22-13-12-18(14-23(22)33-3)15-24-26(31)29(27(32)35-24)16-25(30)28-21-11-7-9-19-8-5-6-10-20(19)21/h5-15,17H,4,16H2,1-3H3,(H,28,30)/b24-15+/t17-/m0/s1. The van der Waals surface area contributed by atoms with Gasteiger partial charge in [0.15, 0.2) is 11.5 Å². The molecule has 35 heavy (non-hydrogen) atoms. The molecule has 180 valence electrons. The highest BCUT2D eigenvalue weighted by Gasteiger charge is 2.36. The Morgan fingerprint density at radius 3 is 2.63 bits per heavy atom. The van der Waals surface area contributed by atoms with Crippen LogP contribution in [-0.2, 0) is 9.59 Å². The molecule has 1 fully saturated rings. The zero-order chi connectivity index (χ0) is 24.9. The fraction of sp³-hybridized carbons (Fsp3) is 0.222. The van der Waals surface area contributed by atoms with Gasteiger partial charge in [-0.1, -0.05) is 49.4 Å². The summed E-state index contributed by atoms with van der Waals surface area (Å²) >= 11 is 0.806. The van der Waals surface area contributed by atoms with E-state index < -0.39 is 17.1 Å². The molecule has 1 aliphatic heterocycles. The lowest BCUT2D eigenvalue weighted by atomic mass is 10.1. The van der Waals surface area contributed by atoms with E-state index >= 15 is 0 Å². The number of methoxy groups -OCH3 is 1. The maximum absolute atomic E-state index is 12.9. The predicted molar refractivity (Wildman–Crippen MR) is 139 cm³/mol. The van der Waals surface area contributed by atoms with Crippen LogP contribution in [0.4, 0.5) is 10.5 Å². The number of amides is 3. The minimum atomic E-state index is -0.507. The molecule has 0 saturated carbocycles. The molecule has 8 heteroatoms. The summed E-state index contributed by atoms with van der Waals surface area (Å²) in [5.74, 6) is 0.190. The topological polar surface area (TPSA) is 84.9 Å². The molecule has 3 amide bonds. The van der Waals surface area contributed by atoms with E-state index in [1.807, 2.05) is 50.2 Å². The van der Waals surface area contributed by atoms with Gasteiger partial charge in [0.1, 0.15) is 6.54 Å². The summed E-state index contributed by atoms with van der Waals surface area (Å²) in [4.78, 5) is 39.3. The van der Waals surface area contributed by atoms with E-state index in [-0.39, 0.29) is 17.6 Å². The third-order valence-corrected chi connectivity index (χ3v) is 6.53. The number of ether oxygens (including phenoxy) is 2. The zero-order valence-electron chi connectivity index (χ0n) is 19.7. The zero-order valence-corrected chi connectivity index (χ0v) is 20.6. The highest BCUT2D eigenvalue weighted by molar-refractivity contribution is 8.18. The first-order valence-electron chi connectivity index (χ1n) is 11.3. The number of hydrogen-bond donors (Lipinski definition) is 1. The van der Waals surface area contributed by atoms with Crippen LogP contribution in [0.3, 0.4) is 0 Å². The SMILES string of the molecule is CC[C@H](C)Oc1ccc(/C=C2/SC(=O)N(CC(=O)Nc3cccc4ccccc34)C2=O)cc1OC. The normalized spacial score (nSPS) is 15.5. The lowest BCUT2D eigenvalue weighted by Crippen LogP contribution is -2.36. The summed E-state index contributed by atoms with van der Waals surface area (Å²) in [5.41, 5.74) is 1.31. The molecule has 1 heterocycles. The highest BCUT2D eigenvalue weighted by atomic mass is 32.2. The number of imide groups is 1. The second-order valence-corrected chi connectivity index (χ2v) is 9.08. The van der Waals surface area contributed by atoms with Crippen molar-refractivity contribution in [2.24, 2.45) is 0 Å². The molecule has 7 nitrogen and oxygen atoms in total. The van der Waals surface area contributed by atoms with Gasteiger partial charge in [-0.15, -0.1) is 0 Å². The predicted octanol–water partition coefficient (Wildman–Crippen LogP) is 5.70. The van der Waals surface area contributed by atoms with Gasteiger partial charge in [-0.25, -0.2) is 0 Å². The molecular weight excluding hydrogens is 464 g/mol. The fourth-order valence-corrected chi connectivity index (χ4v) is 4.47. The summed E-state index contributed by atoms with van der Waals surface area (Å²) in [6, 6.07) is 18.6. The van der Waals surface area contributed by atoms with E-state index in [0.717, 1.165) is 33.9 Å². The van der Waals surface area contributed by atoms with Gasteiger partial charge < -0.3 is 14.8 Å². The second-order valence-electron chi connectivity index (χ2n) is 8.09. The van der Waals surface area contributed by atoms with E-state index in [0.29, 0.717) is 22.7 Å². The molecule has 3 aromatic carbocycles. The minimum Gasteiger partial charge on any atom is -0.493 e. The molecule has 0 unspecified atom stereocenters. The van der Waals surface area contributed by atoms with E-state index in [2.05, 4.69) is 5.32 Å². The number of rotatable bonds is 8. The van der Waals surface area contributed by atoms with E-state index in [4.69, 9.17) is 9.47 Å². The number of fused-ring (bicyclic) bond motifs is 1. The molecule has 1 N–H and O–H groups in total. The molecule has 0 bridgehead atoms. The maximum atomic E-state index is 12.9. The van der Waals surface area contributed by atoms with Crippen LogP contribution in [0.25, 0.3) is 16.8 Å². The summed E-state index contributed by atoms with van der Waals surface area (Å²) in [6.45, 7) is 3.64. The van der Waals surface area contributed by atoms with Crippen molar-refractivity contribution in [1.82, 2.24) is 4.90 Å². The van der Waals surface area contributed by atoms with Crippen LogP contribution >= 0.6 is 11.8 Å². The Morgan fingerprint density at radius 2 is 1.86 bits per heavy atom. The number of carbonyl (C=O) groups is 3. The van der Waals surface area contributed by atoms with Crippen molar-refractivity contribution in [1.29, 1.82) is 0 Å². The quantitative estimate of drug-likeness (QED) is 0.408. The number of anilines is 1. The van der Waals surface area contributed by atoms with Crippen LogP contribution in [0.2, 0.25) is 0 Å². The Labute approximate surface area is 208 Å². The summed E-state index contributed by atoms with van der Waals surface area (Å²) in [7, 11) is 1.55. The van der Waals surface area contributed by atoms with Crippen molar-refractivity contribution in [3.05, 3.63) is 71.1 Å². The Morgan fingerprint density at radius 1 is 1.09 bits per heavy atom. The van der Waals surface area contributed by atoms with Crippen LogP contribution in [0.1, 0.15) is 25.8 Å². The van der Waals surface area contributed by atoms with Crippen molar-refractivity contribution in [3.8, 4) is 11.5 Å². The molecule has 4 rings (SSSR count). The monoisotopic (exact) mass is 490 g/mol. The fourth-order valence-electron chi connectivity index (χ4n) is 3.63. The molecular formula is C27H26N2O5S. The molecule has 1 aliphatic rings. The third-order valence-electron chi connectivity index (χ3n) is 5.63. The Kier molecular flexibility index (Phi) is 7.41. The number of nitrogens with one attached hydrogen (secondary N) is 1. The number of carbonyl (C=O) groups excluding carboxylic acids is 3. The average molecular weight is 491 g/mol. The largest absolute Gasteiger partial charge is 0.493 e. The van der Waals surface area contributed by atoms with Crippen molar-refractivity contribution in [2.75, 3.05) is 19.0 Å². The number of benzene rings is 3. The Hall–Kier alpha value is -3.78. The first-order chi connectivity index (χ1) is 16.9. The molecule has 3 aromatic rings. The number of thioether (sulfide) groups is 1. The number of nitrogens with zero attached hydrogens (tertiary/aromatic N) is 1. The van der Waals surface area contributed by atoms with Crippen molar-refractivity contribution in [2.45, 2.75) is 26.4 Å². The van der Waals surface area contributed by atoms with Gasteiger partial charge in [0, 0.05) is 11.1 Å². The van der Waals surface area contributed by atoms with Crippen molar-refractivity contribution < 1.29 is 23.9 Å². The molecule has 0 aromatic heterocycles. The van der Waals surface area contributed by atoms with Crippen LogP contribution in [0.15, 0.2) is 65.6 Å². The third kappa shape index (κ3) is 5.49. The average Bonchev–Trinajstić information content (AvgIpc) is 3.12. The summed E-state index contributed by atoms with van der Waals surface area (Å²) < 4.78 is 11.3. The number of hydrogen-bond acceptors (Lipinski definition) is 6. The van der Waals surface area contributed by atoms with Gasteiger partial charge in [0.2, 0.25) is 5.91 Å². The smallest absolute Gasteiger partial charge is 0.294 e. The Bertz CT molecular complexity index is 1310. The van der Waals surface area contributed by atoms with Gasteiger partial charge in [-0.2, -0.15) is 0 Å². The lowest BCUT2D eigenvalue weighted by Gasteiger charge is -2.15. The summed E-state index contributed by atoms with van der Waals surface area (Å²) in [6.07, 6.45) is 2.50. The van der Waals surface area contributed by atoms with Gasteiger partial charge in [-0.05, 0) is 60.3 Å². The van der Waals surface area contributed by atoms with Gasteiger partial charge in [-0.3, -0.25) is 19.3 Å². The molecule has 1 saturated heterocycles. The van der Waals surface area contributed by atoms with E-state index in [1.54, 1.807) is 37.5 Å². The van der Waals surface area contributed by atoms with Crippen LogP contribution < -0.4 is 14.8 Å². The molecule has 1 atom stereocenters.